The van der Waals surface area contributed by atoms with E-state index < -0.39 is 23.7 Å². The molecule has 0 saturated heterocycles. The highest BCUT2D eigenvalue weighted by Crippen LogP contribution is 2.30. The van der Waals surface area contributed by atoms with Crippen LogP contribution in [0.3, 0.4) is 0 Å². The van der Waals surface area contributed by atoms with E-state index in [1.807, 2.05) is 0 Å². The van der Waals surface area contributed by atoms with Crippen molar-refractivity contribution >= 4 is 17.6 Å². The van der Waals surface area contributed by atoms with E-state index in [2.05, 4.69) is 16.2 Å². The zero-order valence-corrected chi connectivity index (χ0v) is 13.0. The molecule has 0 spiro atoms. The molecule has 3 amide bonds. The lowest BCUT2D eigenvalue weighted by molar-refractivity contribution is -0.137. The summed E-state index contributed by atoms with van der Waals surface area (Å²) in [6.45, 7) is 0. The number of hydrogen-bond acceptors (Lipinski definition) is 3. The fraction of sp³-hybridized carbons (Fsp3) is 0.125. The molecular formula is C16H14F3N3O3. The van der Waals surface area contributed by atoms with Crippen molar-refractivity contribution in [2.45, 2.75) is 6.18 Å². The molecule has 0 unspecified atom stereocenters. The molecule has 2 aromatic carbocycles. The summed E-state index contributed by atoms with van der Waals surface area (Å²) in [5, 5.41) is 2.19. The largest absolute Gasteiger partial charge is 0.496 e. The van der Waals surface area contributed by atoms with Gasteiger partial charge in [-0.15, -0.1) is 0 Å². The van der Waals surface area contributed by atoms with Gasteiger partial charge < -0.3 is 10.1 Å². The van der Waals surface area contributed by atoms with Crippen molar-refractivity contribution in [3.8, 4) is 5.75 Å². The molecule has 0 atom stereocenters. The summed E-state index contributed by atoms with van der Waals surface area (Å²) in [6.07, 6.45) is -4.52. The predicted molar refractivity (Wildman–Crippen MR) is 84.1 cm³/mol. The number of rotatable bonds is 3. The van der Waals surface area contributed by atoms with Crippen LogP contribution >= 0.6 is 0 Å². The van der Waals surface area contributed by atoms with Crippen molar-refractivity contribution in [2.24, 2.45) is 0 Å². The summed E-state index contributed by atoms with van der Waals surface area (Å²) >= 11 is 0. The summed E-state index contributed by atoms with van der Waals surface area (Å²) in [5.41, 5.74) is 3.40. The minimum Gasteiger partial charge on any atom is -0.496 e. The van der Waals surface area contributed by atoms with Gasteiger partial charge >= 0.3 is 12.2 Å². The number of benzene rings is 2. The maximum absolute atomic E-state index is 12.6. The predicted octanol–water partition coefficient (Wildman–Crippen LogP) is 3.18. The molecule has 0 aromatic heterocycles. The Bertz CT molecular complexity index is 778. The molecular weight excluding hydrogens is 339 g/mol. The number of anilines is 1. The fourth-order valence-corrected chi connectivity index (χ4v) is 1.95. The van der Waals surface area contributed by atoms with Crippen molar-refractivity contribution in [3.63, 3.8) is 0 Å². The second kappa shape index (κ2) is 7.56. The molecule has 9 heteroatoms. The van der Waals surface area contributed by atoms with Gasteiger partial charge in [-0.3, -0.25) is 10.2 Å². The number of carbonyl (C=O) groups is 2. The van der Waals surface area contributed by atoms with E-state index in [0.29, 0.717) is 5.75 Å². The molecule has 0 aliphatic carbocycles. The van der Waals surface area contributed by atoms with Crippen LogP contribution in [0.15, 0.2) is 48.5 Å². The number of halogens is 3. The number of hydrogen-bond donors (Lipinski definition) is 3. The number of methoxy groups -OCH3 is 1. The minimum absolute atomic E-state index is 0.0705. The lowest BCUT2D eigenvalue weighted by Crippen LogP contribution is -2.44. The Morgan fingerprint density at radius 1 is 1.00 bits per heavy atom. The molecule has 25 heavy (non-hydrogen) atoms. The molecule has 3 N–H and O–H groups in total. The number of ether oxygens (including phenoxy) is 1. The van der Waals surface area contributed by atoms with Crippen LogP contribution in [-0.4, -0.2) is 19.0 Å². The van der Waals surface area contributed by atoms with Gasteiger partial charge in [-0.1, -0.05) is 18.2 Å². The van der Waals surface area contributed by atoms with E-state index in [1.54, 1.807) is 18.2 Å². The van der Waals surface area contributed by atoms with E-state index in [-0.39, 0.29) is 11.3 Å². The maximum atomic E-state index is 12.6. The first kappa shape index (κ1) is 18.1. The Kier molecular flexibility index (Phi) is 5.48. The normalized spacial score (nSPS) is 10.7. The van der Waals surface area contributed by atoms with Crippen LogP contribution in [0.1, 0.15) is 15.9 Å². The summed E-state index contributed by atoms with van der Waals surface area (Å²) in [4.78, 5) is 23.7. The Hall–Kier alpha value is -3.23. The number of para-hydroxylation sites is 1. The third kappa shape index (κ3) is 4.87. The lowest BCUT2D eigenvalue weighted by Gasteiger charge is -2.12. The summed E-state index contributed by atoms with van der Waals surface area (Å²) in [6, 6.07) is 9.54. The van der Waals surface area contributed by atoms with Crippen LogP contribution in [0.25, 0.3) is 0 Å². The summed E-state index contributed by atoms with van der Waals surface area (Å²) < 4.78 is 42.9. The SMILES string of the molecule is COc1ccccc1C(=O)NNC(=O)Nc1cccc(C(F)(F)F)c1. The van der Waals surface area contributed by atoms with Crippen LogP contribution < -0.4 is 20.9 Å². The van der Waals surface area contributed by atoms with Gasteiger partial charge in [0.1, 0.15) is 5.75 Å². The molecule has 0 aliphatic heterocycles. The van der Waals surface area contributed by atoms with E-state index in [0.717, 1.165) is 18.2 Å². The summed E-state index contributed by atoms with van der Waals surface area (Å²) in [7, 11) is 1.39. The fourth-order valence-electron chi connectivity index (χ4n) is 1.95. The van der Waals surface area contributed by atoms with Crippen molar-refractivity contribution in [3.05, 3.63) is 59.7 Å². The Morgan fingerprint density at radius 3 is 2.40 bits per heavy atom. The number of urea groups is 1. The first-order valence-electron chi connectivity index (χ1n) is 6.99. The molecule has 0 heterocycles. The van der Waals surface area contributed by atoms with E-state index >= 15 is 0 Å². The standard InChI is InChI=1S/C16H14F3N3O3/c1-25-13-8-3-2-7-12(13)14(23)21-22-15(24)20-11-6-4-5-10(9-11)16(17,18)19/h2-9H,1H3,(H,21,23)(H2,20,22,24). The van der Waals surface area contributed by atoms with Crippen LogP contribution in [0.5, 0.6) is 5.75 Å². The molecule has 0 radical (unpaired) electrons. The first-order chi connectivity index (χ1) is 11.8. The smallest absolute Gasteiger partial charge is 0.416 e. The molecule has 6 nitrogen and oxygen atoms in total. The molecule has 132 valence electrons. The van der Waals surface area contributed by atoms with Gasteiger partial charge in [0.15, 0.2) is 0 Å². The third-order valence-electron chi connectivity index (χ3n) is 3.09. The summed E-state index contributed by atoms with van der Waals surface area (Å²) in [5.74, 6) is -0.336. The van der Waals surface area contributed by atoms with Crippen molar-refractivity contribution < 1.29 is 27.5 Å². The van der Waals surface area contributed by atoms with E-state index in [9.17, 15) is 22.8 Å². The molecule has 0 bridgehead atoms. The Labute approximate surface area is 141 Å². The average molecular weight is 353 g/mol. The molecule has 0 fully saturated rings. The number of amides is 3. The highest BCUT2D eigenvalue weighted by Gasteiger charge is 2.30. The zero-order valence-electron chi connectivity index (χ0n) is 13.0. The highest BCUT2D eigenvalue weighted by molar-refractivity contribution is 5.99. The topological polar surface area (TPSA) is 79.5 Å². The lowest BCUT2D eigenvalue weighted by atomic mass is 10.2. The molecule has 0 saturated carbocycles. The van der Waals surface area contributed by atoms with Gasteiger partial charge in [-0.25, -0.2) is 10.2 Å². The first-order valence-corrected chi connectivity index (χ1v) is 6.99. The molecule has 2 aromatic rings. The van der Waals surface area contributed by atoms with Crippen LogP contribution in [0, 0.1) is 0 Å². The minimum atomic E-state index is -4.52. The van der Waals surface area contributed by atoms with Gasteiger partial charge in [-0.05, 0) is 30.3 Å². The molecule has 0 aliphatic rings. The zero-order chi connectivity index (χ0) is 18.4. The van der Waals surface area contributed by atoms with Gasteiger partial charge in [0.2, 0.25) is 0 Å². The number of nitrogens with one attached hydrogen (secondary N) is 3. The van der Waals surface area contributed by atoms with Crippen LogP contribution in [-0.2, 0) is 6.18 Å². The Balaban J connectivity index is 1.96. The second-order valence-electron chi connectivity index (χ2n) is 4.81. The monoisotopic (exact) mass is 353 g/mol. The second-order valence-corrected chi connectivity index (χ2v) is 4.81. The number of alkyl halides is 3. The van der Waals surface area contributed by atoms with E-state index in [4.69, 9.17) is 4.74 Å². The number of hydrazine groups is 1. The van der Waals surface area contributed by atoms with Crippen molar-refractivity contribution in [1.82, 2.24) is 10.9 Å². The maximum Gasteiger partial charge on any atom is 0.416 e. The van der Waals surface area contributed by atoms with Crippen LogP contribution in [0.4, 0.5) is 23.7 Å². The highest BCUT2D eigenvalue weighted by atomic mass is 19.4. The van der Waals surface area contributed by atoms with Gasteiger partial charge in [0.25, 0.3) is 5.91 Å². The van der Waals surface area contributed by atoms with Crippen molar-refractivity contribution in [2.75, 3.05) is 12.4 Å². The average Bonchev–Trinajstić information content (AvgIpc) is 2.59. The van der Waals surface area contributed by atoms with E-state index in [1.165, 1.54) is 19.2 Å². The quantitative estimate of drug-likeness (QED) is 0.742. The van der Waals surface area contributed by atoms with Gasteiger partial charge in [0, 0.05) is 5.69 Å². The Morgan fingerprint density at radius 2 is 1.72 bits per heavy atom. The van der Waals surface area contributed by atoms with Gasteiger partial charge in [-0.2, -0.15) is 13.2 Å². The number of carbonyl (C=O) groups excluding carboxylic acids is 2. The van der Waals surface area contributed by atoms with Crippen LogP contribution in [0.2, 0.25) is 0 Å². The van der Waals surface area contributed by atoms with Crippen molar-refractivity contribution in [1.29, 1.82) is 0 Å². The molecule has 2 rings (SSSR count). The third-order valence-corrected chi connectivity index (χ3v) is 3.09. The van der Waals surface area contributed by atoms with Gasteiger partial charge in [0.05, 0.1) is 18.2 Å².